The molecule has 0 radical (unpaired) electrons. The monoisotopic (exact) mass is 298 g/mol. The molecule has 1 unspecified atom stereocenters. The van der Waals surface area contributed by atoms with Gasteiger partial charge in [0.25, 0.3) is 0 Å². The average molecular weight is 298 g/mol. The van der Waals surface area contributed by atoms with Gasteiger partial charge in [-0.25, -0.2) is 0 Å². The number of aliphatic hydroxyl groups is 1. The summed E-state index contributed by atoms with van der Waals surface area (Å²) >= 11 is 0. The number of nitrogens with two attached hydrogens (primary N) is 1. The van der Waals surface area contributed by atoms with Crippen molar-refractivity contribution >= 4 is 0 Å². The molecule has 118 valence electrons. The highest BCUT2D eigenvalue weighted by Crippen LogP contribution is 2.43. The molecule has 1 fully saturated rings. The molecular weight excluding hydrogens is 272 g/mol. The van der Waals surface area contributed by atoms with Gasteiger partial charge < -0.3 is 16.2 Å². The van der Waals surface area contributed by atoms with Crippen LogP contribution in [0.2, 0.25) is 0 Å². The third kappa shape index (κ3) is 4.20. The summed E-state index contributed by atoms with van der Waals surface area (Å²) in [5.74, 6) is 2.71. The van der Waals surface area contributed by atoms with E-state index in [1.165, 1.54) is 5.57 Å². The minimum Gasteiger partial charge on any atom is -0.390 e. The van der Waals surface area contributed by atoms with E-state index in [1.54, 1.807) is 0 Å². The number of hydrogen-bond acceptors (Lipinski definition) is 3. The van der Waals surface area contributed by atoms with Crippen molar-refractivity contribution in [3.05, 3.63) is 47.6 Å². The van der Waals surface area contributed by atoms with Crippen LogP contribution in [-0.4, -0.2) is 29.3 Å². The van der Waals surface area contributed by atoms with E-state index >= 15 is 0 Å². The molecule has 4 N–H and O–H groups in total. The van der Waals surface area contributed by atoms with Crippen molar-refractivity contribution in [2.24, 2.45) is 5.73 Å². The Morgan fingerprint density at radius 2 is 2.32 bits per heavy atom. The Labute approximate surface area is 133 Å². The molecule has 0 aromatic carbocycles. The van der Waals surface area contributed by atoms with Crippen molar-refractivity contribution in [1.82, 2.24) is 5.32 Å². The summed E-state index contributed by atoms with van der Waals surface area (Å²) in [5.41, 5.74) is 9.08. The molecule has 0 spiro atoms. The van der Waals surface area contributed by atoms with Gasteiger partial charge in [-0.2, -0.15) is 0 Å². The van der Waals surface area contributed by atoms with Crippen LogP contribution in [0.25, 0.3) is 0 Å². The van der Waals surface area contributed by atoms with Crippen LogP contribution in [0.5, 0.6) is 0 Å². The lowest BCUT2D eigenvalue weighted by atomic mass is 10.00. The maximum absolute atomic E-state index is 10.2. The van der Waals surface area contributed by atoms with Crippen molar-refractivity contribution in [2.45, 2.75) is 50.3 Å². The molecule has 0 bridgehead atoms. The standard InChI is InChI=1S/C19H26N2O/c1-4-15-7-5-6-8-16(12-15)19(9-10-19)21-13-18(22)17(20)11-14(2)3/h1,5,7-8,12,17-18,21-22H,2,6,9-11,13,20H2,3H3/t17?,18-/m1/s1. The smallest absolute Gasteiger partial charge is 0.0818 e. The van der Waals surface area contributed by atoms with Crippen LogP contribution in [0.4, 0.5) is 0 Å². The summed E-state index contributed by atoms with van der Waals surface area (Å²) in [6, 6.07) is -0.276. The first-order valence-corrected chi connectivity index (χ1v) is 7.85. The second-order valence-electron chi connectivity index (χ2n) is 6.40. The SMILES string of the molecule is C#CC1=CC(C2(NC[C@@H](O)C(N)CC(=C)C)CC2)=CCC=C1. The lowest BCUT2D eigenvalue weighted by Gasteiger charge is -2.24. The van der Waals surface area contributed by atoms with Gasteiger partial charge in [0.1, 0.15) is 0 Å². The number of aliphatic hydroxyl groups excluding tert-OH is 1. The highest BCUT2D eigenvalue weighted by Gasteiger charge is 2.45. The molecule has 2 aliphatic rings. The fourth-order valence-electron chi connectivity index (χ4n) is 2.77. The Hall–Kier alpha value is -1.60. The third-order valence-corrected chi connectivity index (χ3v) is 4.28. The zero-order valence-electron chi connectivity index (χ0n) is 13.3. The molecule has 0 aromatic rings. The molecule has 3 heteroatoms. The Bertz CT molecular complexity index is 558. The van der Waals surface area contributed by atoms with Crippen LogP contribution in [0.3, 0.4) is 0 Å². The number of hydrogen-bond donors (Lipinski definition) is 3. The summed E-state index contributed by atoms with van der Waals surface area (Å²) in [6.45, 7) is 6.26. The molecule has 1 saturated carbocycles. The zero-order chi connectivity index (χ0) is 16.2. The number of rotatable bonds is 7. The molecule has 2 rings (SSSR count). The van der Waals surface area contributed by atoms with Gasteiger partial charge in [-0.3, -0.25) is 0 Å². The molecule has 2 aliphatic carbocycles. The van der Waals surface area contributed by atoms with Crippen molar-refractivity contribution in [3.63, 3.8) is 0 Å². The van der Waals surface area contributed by atoms with Gasteiger partial charge in [-0.1, -0.05) is 29.7 Å². The van der Waals surface area contributed by atoms with E-state index in [0.717, 1.165) is 30.4 Å². The van der Waals surface area contributed by atoms with Crippen molar-refractivity contribution < 1.29 is 5.11 Å². The van der Waals surface area contributed by atoms with Gasteiger partial charge in [0, 0.05) is 23.7 Å². The third-order valence-electron chi connectivity index (χ3n) is 4.28. The van der Waals surface area contributed by atoms with Crippen molar-refractivity contribution in [1.29, 1.82) is 0 Å². The van der Waals surface area contributed by atoms with E-state index in [4.69, 9.17) is 12.2 Å². The summed E-state index contributed by atoms with van der Waals surface area (Å²) in [4.78, 5) is 0. The first-order chi connectivity index (χ1) is 10.5. The minimum atomic E-state index is -0.574. The van der Waals surface area contributed by atoms with E-state index in [-0.39, 0.29) is 11.6 Å². The van der Waals surface area contributed by atoms with Crippen molar-refractivity contribution in [2.75, 3.05) is 6.54 Å². The van der Waals surface area contributed by atoms with Crippen LogP contribution < -0.4 is 11.1 Å². The predicted molar refractivity (Wildman–Crippen MR) is 92.1 cm³/mol. The van der Waals surface area contributed by atoms with Crippen LogP contribution in [0, 0.1) is 12.3 Å². The number of nitrogens with one attached hydrogen (secondary N) is 1. The van der Waals surface area contributed by atoms with Crippen LogP contribution in [-0.2, 0) is 0 Å². The minimum absolute atomic E-state index is 0.0436. The Kier molecular flexibility index (Phi) is 5.42. The maximum Gasteiger partial charge on any atom is 0.0818 e. The van der Waals surface area contributed by atoms with Gasteiger partial charge in [0.2, 0.25) is 0 Å². The first-order valence-electron chi connectivity index (χ1n) is 7.85. The average Bonchev–Trinajstić information content (AvgIpc) is 3.27. The molecular formula is C19H26N2O. The summed E-state index contributed by atoms with van der Waals surface area (Å²) < 4.78 is 0. The van der Waals surface area contributed by atoms with Gasteiger partial charge in [-0.05, 0) is 44.3 Å². The van der Waals surface area contributed by atoms with E-state index < -0.39 is 6.10 Å². The topological polar surface area (TPSA) is 58.3 Å². The largest absolute Gasteiger partial charge is 0.390 e. The quantitative estimate of drug-likeness (QED) is 0.499. The van der Waals surface area contributed by atoms with Gasteiger partial charge in [-0.15, -0.1) is 13.0 Å². The lowest BCUT2D eigenvalue weighted by Crippen LogP contribution is -2.46. The maximum atomic E-state index is 10.2. The number of terminal acetylenes is 1. The van der Waals surface area contributed by atoms with E-state index in [2.05, 4.69) is 36.0 Å². The second kappa shape index (κ2) is 7.11. The Balaban J connectivity index is 1.97. The second-order valence-corrected chi connectivity index (χ2v) is 6.40. The molecule has 0 aromatic heterocycles. The van der Waals surface area contributed by atoms with Crippen LogP contribution >= 0.6 is 0 Å². The number of β-amino-alcohol motifs (C(OH)–C–C–N with tert-alkyl or cyclic N) is 1. The van der Waals surface area contributed by atoms with Gasteiger partial charge >= 0.3 is 0 Å². The molecule has 0 saturated heterocycles. The van der Waals surface area contributed by atoms with Crippen LogP contribution in [0.15, 0.2) is 47.6 Å². The van der Waals surface area contributed by atoms with Gasteiger partial charge in [0.15, 0.2) is 0 Å². The fraction of sp³-hybridized carbons (Fsp3) is 0.474. The highest BCUT2D eigenvalue weighted by molar-refractivity contribution is 5.49. The van der Waals surface area contributed by atoms with E-state index in [0.29, 0.717) is 13.0 Å². The first kappa shape index (κ1) is 16.8. The zero-order valence-corrected chi connectivity index (χ0v) is 13.3. The van der Waals surface area contributed by atoms with Gasteiger partial charge in [0.05, 0.1) is 6.10 Å². The Morgan fingerprint density at radius 3 is 2.91 bits per heavy atom. The van der Waals surface area contributed by atoms with Crippen LogP contribution in [0.1, 0.15) is 32.6 Å². The summed E-state index contributed by atoms with van der Waals surface area (Å²) in [7, 11) is 0. The van der Waals surface area contributed by atoms with E-state index in [9.17, 15) is 5.11 Å². The predicted octanol–water partition coefficient (Wildman–Crippen LogP) is 2.21. The molecule has 0 amide bonds. The number of allylic oxidation sites excluding steroid dienone is 4. The molecule has 0 aliphatic heterocycles. The summed E-state index contributed by atoms with van der Waals surface area (Å²) in [5, 5.41) is 13.7. The normalized spacial score (nSPS) is 21.9. The van der Waals surface area contributed by atoms with Crippen molar-refractivity contribution in [3.8, 4) is 12.3 Å². The fourth-order valence-corrected chi connectivity index (χ4v) is 2.77. The molecule has 3 nitrogen and oxygen atoms in total. The highest BCUT2D eigenvalue weighted by atomic mass is 16.3. The molecule has 2 atom stereocenters. The lowest BCUT2D eigenvalue weighted by molar-refractivity contribution is 0.138. The summed E-state index contributed by atoms with van der Waals surface area (Å²) in [6.07, 6.45) is 17.0. The van der Waals surface area contributed by atoms with E-state index in [1.807, 2.05) is 13.0 Å². The Morgan fingerprint density at radius 1 is 1.59 bits per heavy atom. The molecule has 22 heavy (non-hydrogen) atoms. The molecule has 0 heterocycles.